The SMILES string of the molecule is CC(C)CCc1c(C(F)F)n(C(C)(C)C)c(=O)n1Cc1ccc(-c2ccccc2C(=O)O)cc1. The van der Waals surface area contributed by atoms with E-state index >= 15 is 0 Å². The Morgan fingerprint density at radius 1 is 1.03 bits per heavy atom. The van der Waals surface area contributed by atoms with Gasteiger partial charge in [0.1, 0.15) is 5.69 Å². The molecule has 0 unspecified atom stereocenters. The van der Waals surface area contributed by atoms with Crippen LogP contribution in [0.1, 0.15) is 74.8 Å². The molecule has 0 radical (unpaired) electrons. The molecule has 0 aliphatic heterocycles. The number of carbonyl (C=O) groups is 1. The summed E-state index contributed by atoms with van der Waals surface area (Å²) in [5.41, 5.74) is 1.24. The van der Waals surface area contributed by atoms with E-state index in [0.717, 1.165) is 11.1 Å². The first kappa shape index (κ1) is 25.4. The van der Waals surface area contributed by atoms with Crippen molar-refractivity contribution in [2.75, 3.05) is 0 Å². The molecule has 0 saturated heterocycles. The van der Waals surface area contributed by atoms with E-state index in [0.29, 0.717) is 30.0 Å². The number of nitrogens with zero attached hydrogens (tertiary/aromatic N) is 2. The summed E-state index contributed by atoms with van der Waals surface area (Å²) < 4.78 is 31.1. The van der Waals surface area contributed by atoms with Crippen molar-refractivity contribution in [3.63, 3.8) is 0 Å². The molecule has 3 aromatic rings. The Kier molecular flexibility index (Phi) is 7.44. The third-order valence-electron chi connectivity index (χ3n) is 5.88. The topological polar surface area (TPSA) is 64.2 Å². The molecule has 0 aliphatic rings. The maximum atomic E-state index is 14.2. The molecule has 2 aromatic carbocycles. The number of alkyl halides is 2. The molecule has 5 nitrogen and oxygen atoms in total. The Morgan fingerprint density at radius 2 is 1.65 bits per heavy atom. The highest BCUT2D eigenvalue weighted by Crippen LogP contribution is 2.30. The second-order valence-corrected chi connectivity index (χ2v) is 9.99. The van der Waals surface area contributed by atoms with Crippen LogP contribution in [0.15, 0.2) is 53.3 Å². The largest absolute Gasteiger partial charge is 0.478 e. The van der Waals surface area contributed by atoms with Crippen LogP contribution >= 0.6 is 0 Å². The smallest absolute Gasteiger partial charge is 0.336 e. The lowest BCUT2D eigenvalue weighted by Crippen LogP contribution is -2.36. The van der Waals surface area contributed by atoms with Crippen molar-refractivity contribution in [2.24, 2.45) is 5.92 Å². The van der Waals surface area contributed by atoms with Gasteiger partial charge in [-0.05, 0) is 62.3 Å². The first-order chi connectivity index (χ1) is 15.9. The van der Waals surface area contributed by atoms with Crippen LogP contribution in [0.25, 0.3) is 11.1 Å². The summed E-state index contributed by atoms with van der Waals surface area (Å²) in [6.07, 6.45) is -1.68. The van der Waals surface area contributed by atoms with Crippen LogP contribution in [0, 0.1) is 5.92 Å². The second kappa shape index (κ2) is 9.95. The van der Waals surface area contributed by atoms with E-state index in [4.69, 9.17) is 0 Å². The van der Waals surface area contributed by atoms with Gasteiger partial charge in [-0.1, -0.05) is 56.3 Å². The van der Waals surface area contributed by atoms with E-state index in [1.807, 2.05) is 26.0 Å². The van der Waals surface area contributed by atoms with Crippen LogP contribution < -0.4 is 5.69 Å². The van der Waals surface area contributed by atoms with Crippen LogP contribution in [-0.4, -0.2) is 20.2 Å². The average molecular weight is 471 g/mol. The normalized spacial score (nSPS) is 12.0. The van der Waals surface area contributed by atoms with E-state index in [-0.39, 0.29) is 17.8 Å². The molecule has 1 N–H and O–H groups in total. The summed E-state index contributed by atoms with van der Waals surface area (Å²) >= 11 is 0. The number of benzene rings is 2. The fourth-order valence-electron chi connectivity index (χ4n) is 4.22. The van der Waals surface area contributed by atoms with Crippen LogP contribution in [0.4, 0.5) is 8.78 Å². The fraction of sp³-hybridized carbons (Fsp3) is 0.407. The van der Waals surface area contributed by atoms with Gasteiger partial charge in [0, 0.05) is 11.2 Å². The van der Waals surface area contributed by atoms with Gasteiger partial charge < -0.3 is 5.11 Å². The minimum absolute atomic E-state index is 0.163. The standard InChI is InChI=1S/C27H32F2N2O3/c1-17(2)10-15-22-23(24(28)29)31(27(3,4)5)26(34)30(22)16-18-11-13-19(14-12-18)20-8-6-7-9-21(20)25(32)33/h6-9,11-14,17,24H,10,15-16H2,1-5H3,(H,32,33). The molecular formula is C27H32F2N2O3. The third-order valence-corrected chi connectivity index (χ3v) is 5.88. The van der Waals surface area contributed by atoms with Crippen molar-refractivity contribution >= 4 is 5.97 Å². The van der Waals surface area contributed by atoms with Gasteiger partial charge in [-0.15, -0.1) is 0 Å². The summed E-state index contributed by atoms with van der Waals surface area (Å²) in [6, 6.07) is 13.9. The number of carboxylic acids is 1. The van der Waals surface area contributed by atoms with Gasteiger partial charge >= 0.3 is 11.7 Å². The zero-order chi connectivity index (χ0) is 25.2. The lowest BCUT2D eigenvalue weighted by Gasteiger charge is -2.22. The quantitative estimate of drug-likeness (QED) is 0.418. The van der Waals surface area contributed by atoms with Gasteiger partial charge in [0.15, 0.2) is 0 Å². The highest BCUT2D eigenvalue weighted by molar-refractivity contribution is 5.95. The number of aromatic carboxylic acids is 1. The molecule has 182 valence electrons. The van der Waals surface area contributed by atoms with E-state index in [9.17, 15) is 23.5 Å². The van der Waals surface area contributed by atoms with Gasteiger partial charge in [0.2, 0.25) is 0 Å². The van der Waals surface area contributed by atoms with Crippen molar-refractivity contribution in [1.82, 2.24) is 9.13 Å². The Hall–Kier alpha value is -3.22. The average Bonchev–Trinajstić information content (AvgIpc) is 3.04. The van der Waals surface area contributed by atoms with Crippen molar-refractivity contribution in [3.05, 3.63) is 81.5 Å². The minimum atomic E-state index is -2.76. The summed E-state index contributed by atoms with van der Waals surface area (Å²) in [6.45, 7) is 9.48. The van der Waals surface area contributed by atoms with Gasteiger partial charge in [-0.25, -0.2) is 18.4 Å². The molecule has 1 heterocycles. The zero-order valence-corrected chi connectivity index (χ0v) is 20.3. The van der Waals surface area contributed by atoms with Crippen molar-refractivity contribution in [1.29, 1.82) is 0 Å². The van der Waals surface area contributed by atoms with Gasteiger partial charge in [-0.2, -0.15) is 0 Å². The highest BCUT2D eigenvalue weighted by Gasteiger charge is 2.31. The maximum absolute atomic E-state index is 14.2. The highest BCUT2D eigenvalue weighted by atomic mass is 19.3. The number of rotatable bonds is 8. The molecule has 7 heteroatoms. The Balaban J connectivity index is 2.05. The van der Waals surface area contributed by atoms with Gasteiger partial charge in [0.25, 0.3) is 6.43 Å². The predicted octanol–water partition coefficient (Wildman–Crippen LogP) is 6.34. The van der Waals surface area contributed by atoms with Crippen molar-refractivity contribution in [2.45, 2.75) is 66.0 Å². The second-order valence-electron chi connectivity index (χ2n) is 9.99. The molecule has 3 rings (SSSR count). The van der Waals surface area contributed by atoms with Crippen LogP contribution in [0.3, 0.4) is 0 Å². The number of carboxylic acid groups (broad SMARTS) is 1. The molecule has 1 aromatic heterocycles. The van der Waals surface area contributed by atoms with E-state index < -0.39 is 23.6 Å². The molecular weight excluding hydrogens is 438 g/mol. The van der Waals surface area contributed by atoms with Gasteiger partial charge in [-0.3, -0.25) is 9.13 Å². The van der Waals surface area contributed by atoms with Crippen LogP contribution in [0.5, 0.6) is 0 Å². The number of imidazole rings is 1. The first-order valence-corrected chi connectivity index (χ1v) is 11.5. The van der Waals surface area contributed by atoms with E-state index in [2.05, 4.69) is 0 Å². The fourth-order valence-corrected chi connectivity index (χ4v) is 4.22. The van der Waals surface area contributed by atoms with Crippen LogP contribution in [-0.2, 0) is 18.5 Å². The molecule has 0 saturated carbocycles. The molecule has 0 aliphatic carbocycles. The molecule has 0 fully saturated rings. The summed E-state index contributed by atoms with van der Waals surface area (Å²) in [5.74, 6) is -0.704. The molecule has 0 atom stereocenters. The maximum Gasteiger partial charge on any atom is 0.336 e. The summed E-state index contributed by atoms with van der Waals surface area (Å²) in [7, 11) is 0. The van der Waals surface area contributed by atoms with Crippen molar-refractivity contribution < 1.29 is 18.7 Å². The van der Waals surface area contributed by atoms with Crippen LogP contribution in [0.2, 0.25) is 0 Å². The van der Waals surface area contributed by atoms with E-state index in [1.165, 1.54) is 9.13 Å². The van der Waals surface area contributed by atoms with Gasteiger partial charge in [0.05, 0.1) is 12.1 Å². The summed E-state index contributed by atoms with van der Waals surface area (Å²) in [5, 5.41) is 9.46. The number of hydrogen-bond donors (Lipinski definition) is 1. The number of halogens is 2. The monoisotopic (exact) mass is 470 g/mol. The summed E-state index contributed by atoms with van der Waals surface area (Å²) in [4.78, 5) is 24.9. The molecule has 34 heavy (non-hydrogen) atoms. The molecule has 0 bridgehead atoms. The Morgan fingerprint density at radius 3 is 2.18 bits per heavy atom. The predicted molar refractivity (Wildman–Crippen MR) is 130 cm³/mol. The van der Waals surface area contributed by atoms with E-state index in [1.54, 1.807) is 57.2 Å². The number of aromatic nitrogens is 2. The third kappa shape index (κ3) is 5.29. The Bertz CT molecular complexity index is 1220. The molecule has 0 spiro atoms. The molecule has 0 amide bonds. The first-order valence-electron chi connectivity index (χ1n) is 11.5. The van der Waals surface area contributed by atoms with Crippen molar-refractivity contribution in [3.8, 4) is 11.1 Å². The zero-order valence-electron chi connectivity index (χ0n) is 20.3. The minimum Gasteiger partial charge on any atom is -0.478 e. The number of hydrogen-bond acceptors (Lipinski definition) is 2. The Labute approximate surface area is 198 Å². The lowest BCUT2D eigenvalue weighted by molar-refractivity contribution is 0.0697. The lowest BCUT2D eigenvalue weighted by atomic mass is 9.98.